The molecule has 4 aromatic rings. The van der Waals surface area contributed by atoms with E-state index in [-0.39, 0.29) is 0 Å². The van der Waals surface area contributed by atoms with Crippen LogP contribution in [0.15, 0.2) is 55.1 Å². The average Bonchev–Trinajstić information content (AvgIpc) is 3.36. The fourth-order valence-electron chi connectivity index (χ4n) is 3.06. The first-order valence-electron chi connectivity index (χ1n) is 9.99. The van der Waals surface area contributed by atoms with Crippen molar-refractivity contribution in [2.75, 3.05) is 23.7 Å². The molecule has 11 heteroatoms. The Morgan fingerprint density at radius 2 is 1.88 bits per heavy atom. The lowest BCUT2D eigenvalue weighted by Gasteiger charge is -2.12. The molecule has 0 saturated carbocycles. The van der Waals surface area contributed by atoms with Crippen molar-refractivity contribution >= 4 is 41.4 Å². The van der Waals surface area contributed by atoms with Crippen molar-refractivity contribution in [1.29, 1.82) is 5.41 Å². The van der Waals surface area contributed by atoms with E-state index >= 15 is 0 Å². The third kappa shape index (κ3) is 5.76. The molecule has 3 heterocycles. The lowest BCUT2D eigenvalue weighted by Crippen LogP contribution is -2.16. The van der Waals surface area contributed by atoms with E-state index in [0.29, 0.717) is 47.2 Å². The van der Waals surface area contributed by atoms with Crippen molar-refractivity contribution in [3.8, 4) is 22.6 Å². The van der Waals surface area contributed by atoms with E-state index in [2.05, 4.69) is 35.6 Å². The number of H-pyrrole nitrogens is 1. The number of pyridine rings is 1. The van der Waals surface area contributed by atoms with E-state index in [1.165, 1.54) is 0 Å². The number of nitrogens with one attached hydrogen (secondary N) is 4. The van der Waals surface area contributed by atoms with Crippen LogP contribution in [-0.4, -0.2) is 44.4 Å². The second-order valence-corrected chi connectivity index (χ2v) is 7.70. The molecular weight excluding hydrogens is 463 g/mol. The minimum Gasteiger partial charge on any atom is -0.479 e. The number of aromatic nitrogens is 5. The van der Waals surface area contributed by atoms with Crippen LogP contribution in [0.5, 0.6) is 0 Å². The van der Waals surface area contributed by atoms with E-state index in [4.69, 9.17) is 33.3 Å². The maximum Gasteiger partial charge on any atom is 0.223 e. The highest BCUT2D eigenvalue weighted by atomic mass is 35.5. The Hall–Kier alpha value is -3.69. The predicted molar refractivity (Wildman–Crippen MR) is 130 cm³/mol. The Balaban J connectivity index is 1.44. The number of ether oxygens (including phenoxy) is 1. The number of rotatable bonds is 10. The third-order valence-corrected chi connectivity index (χ3v) is 5.15. The van der Waals surface area contributed by atoms with Crippen molar-refractivity contribution in [3.05, 3.63) is 70.7 Å². The van der Waals surface area contributed by atoms with Gasteiger partial charge in [-0.25, -0.2) is 19.9 Å². The maximum atomic E-state index is 6.89. The monoisotopic (exact) mass is 482 g/mol. The maximum absolute atomic E-state index is 6.89. The zero-order valence-electron chi connectivity index (χ0n) is 17.3. The van der Waals surface area contributed by atoms with Crippen molar-refractivity contribution in [2.24, 2.45) is 0 Å². The molecule has 0 aliphatic rings. The summed E-state index contributed by atoms with van der Waals surface area (Å²) >= 11 is 12.5. The van der Waals surface area contributed by atoms with Crippen molar-refractivity contribution in [1.82, 2.24) is 24.9 Å². The molecule has 4 N–H and O–H groups in total. The molecule has 33 heavy (non-hydrogen) atoms. The summed E-state index contributed by atoms with van der Waals surface area (Å²) in [4.78, 5) is 20.8. The molecule has 0 bridgehead atoms. The SMILES string of the molecule is N=COCc1ccc(NCCNc2ncc(-c3ncc[nH]3)c(-c3ccc(Cl)cc3Cl)n2)nc1. The Morgan fingerprint density at radius 3 is 2.61 bits per heavy atom. The highest BCUT2D eigenvalue weighted by Crippen LogP contribution is 2.34. The molecular formula is C22H20Cl2N8O. The van der Waals surface area contributed by atoms with Crippen LogP contribution in [0.25, 0.3) is 22.6 Å². The normalized spacial score (nSPS) is 10.6. The Labute approximate surface area is 200 Å². The predicted octanol–water partition coefficient (Wildman–Crippen LogP) is 4.88. The van der Waals surface area contributed by atoms with Gasteiger partial charge in [-0.05, 0) is 24.3 Å². The van der Waals surface area contributed by atoms with Gasteiger partial charge < -0.3 is 20.4 Å². The second kappa shape index (κ2) is 10.8. The first kappa shape index (κ1) is 22.5. The standard InChI is InChI=1S/C22H20Cl2N8O/c23-15-2-3-16(18(24)9-15)20-17(21-27-6-7-28-21)11-31-22(32-20)29-8-5-26-19-4-1-14(10-30-19)12-33-13-25/h1-4,6-7,9-11,13,25H,5,8,12H2,(H,26,30)(H,27,28)(H,29,31,32). The summed E-state index contributed by atoms with van der Waals surface area (Å²) in [6, 6.07) is 9.03. The molecule has 168 valence electrons. The highest BCUT2D eigenvalue weighted by molar-refractivity contribution is 6.36. The van der Waals surface area contributed by atoms with E-state index in [1.807, 2.05) is 18.2 Å². The van der Waals surface area contributed by atoms with Gasteiger partial charge in [-0.1, -0.05) is 29.3 Å². The van der Waals surface area contributed by atoms with Gasteiger partial charge in [0.1, 0.15) is 18.2 Å². The van der Waals surface area contributed by atoms with Crippen LogP contribution in [0, 0.1) is 5.41 Å². The highest BCUT2D eigenvalue weighted by Gasteiger charge is 2.16. The molecule has 9 nitrogen and oxygen atoms in total. The molecule has 0 amide bonds. The first-order valence-corrected chi connectivity index (χ1v) is 10.7. The molecule has 4 rings (SSSR count). The number of hydrogen-bond donors (Lipinski definition) is 4. The van der Waals surface area contributed by atoms with Gasteiger partial charge in [0.2, 0.25) is 5.95 Å². The molecule has 1 aromatic carbocycles. The first-order chi connectivity index (χ1) is 16.1. The van der Waals surface area contributed by atoms with E-state index in [9.17, 15) is 0 Å². The minimum atomic E-state index is 0.323. The summed E-state index contributed by atoms with van der Waals surface area (Å²) in [6.45, 7) is 1.49. The summed E-state index contributed by atoms with van der Waals surface area (Å²) in [7, 11) is 0. The number of imidazole rings is 1. The van der Waals surface area contributed by atoms with Gasteiger partial charge >= 0.3 is 0 Å². The number of nitrogens with zero attached hydrogens (tertiary/aromatic N) is 4. The molecule has 0 aliphatic heterocycles. The van der Waals surface area contributed by atoms with Crippen molar-refractivity contribution < 1.29 is 4.74 Å². The van der Waals surface area contributed by atoms with Crippen LogP contribution in [0.3, 0.4) is 0 Å². The van der Waals surface area contributed by atoms with Crippen molar-refractivity contribution in [2.45, 2.75) is 6.61 Å². The lowest BCUT2D eigenvalue weighted by molar-refractivity contribution is 0.305. The van der Waals surface area contributed by atoms with Gasteiger partial charge in [0.15, 0.2) is 6.40 Å². The van der Waals surface area contributed by atoms with Crippen LogP contribution >= 0.6 is 23.2 Å². The van der Waals surface area contributed by atoms with Crippen molar-refractivity contribution in [3.63, 3.8) is 0 Å². The van der Waals surface area contributed by atoms with Crippen LogP contribution in [0.2, 0.25) is 10.0 Å². The quantitative estimate of drug-likeness (QED) is 0.144. The van der Waals surface area contributed by atoms with E-state index in [0.717, 1.165) is 28.9 Å². The van der Waals surface area contributed by atoms with E-state index in [1.54, 1.807) is 36.9 Å². The number of aromatic amines is 1. The molecule has 0 atom stereocenters. The van der Waals surface area contributed by atoms with Crippen LogP contribution in [0.4, 0.5) is 11.8 Å². The molecule has 0 unspecified atom stereocenters. The van der Waals surface area contributed by atoms with Gasteiger partial charge in [-0.2, -0.15) is 0 Å². The molecule has 0 spiro atoms. The number of hydrogen-bond acceptors (Lipinski definition) is 8. The van der Waals surface area contributed by atoms with Gasteiger partial charge in [-0.15, -0.1) is 0 Å². The van der Waals surface area contributed by atoms with Gasteiger partial charge in [0, 0.05) is 54.0 Å². The Kier molecular flexibility index (Phi) is 7.33. The summed E-state index contributed by atoms with van der Waals surface area (Å²) in [6.07, 6.45) is 7.73. The fourth-order valence-corrected chi connectivity index (χ4v) is 3.55. The number of anilines is 2. The minimum absolute atomic E-state index is 0.323. The zero-order valence-corrected chi connectivity index (χ0v) is 18.9. The Morgan fingerprint density at radius 1 is 1.00 bits per heavy atom. The van der Waals surface area contributed by atoms with Crippen LogP contribution < -0.4 is 10.6 Å². The zero-order chi connectivity index (χ0) is 23.0. The molecule has 3 aromatic heterocycles. The third-order valence-electron chi connectivity index (χ3n) is 4.60. The molecule has 0 fully saturated rings. The summed E-state index contributed by atoms with van der Waals surface area (Å²) in [5.74, 6) is 1.84. The summed E-state index contributed by atoms with van der Waals surface area (Å²) in [5.41, 5.74) is 2.98. The van der Waals surface area contributed by atoms with Gasteiger partial charge in [-0.3, -0.25) is 5.41 Å². The van der Waals surface area contributed by atoms with Crippen LogP contribution in [0.1, 0.15) is 5.56 Å². The molecule has 0 saturated heterocycles. The number of benzene rings is 1. The van der Waals surface area contributed by atoms with Crippen LogP contribution in [-0.2, 0) is 11.3 Å². The molecule has 0 radical (unpaired) electrons. The largest absolute Gasteiger partial charge is 0.479 e. The second-order valence-electron chi connectivity index (χ2n) is 6.85. The molecule has 0 aliphatic carbocycles. The Bertz CT molecular complexity index is 1220. The van der Waals surface area contributed by atoms with E-state index < -0.39 is 0 Å². The topological polar surface area (TPSA) is 124 Å². The summed E-state index contributed by atoms with van der Waals surface area (Å²) in [5, 5.41) is 14.4. The summed E-state index contributed by atoms with van der Waals surface area (Å²) < 4.78 is 4.93. The van der Waals surface area contributed by atoms with Gasteiger partial charge in [0.05, 0.1) is 16.3 Å². The van der Waals surface area contributed by atoms with Gasteiger partial charge in [0.25, 0.3) is 0 Å². The fraction of sp³-hybridized carbons (Fsp3) is 0.136. The average molecular weight is 483 g/mol. The lowest BCUT2D eigenvalue weighted by atomic mass is 10.1. The number of halogens is 2. The smallest absolute Gasteiger partial charge is 0.223 e.